The van der Waals surface area contributed by atoms with Gasteiger partial charge in [-0.1, -0.05) is 0 Å². The number of imidazole rings is 1. The van der Waals surface area contributed by atoms with Gasteiger partial charge in [0.2, 0.25) is 0 Å². The molecular weight excluding hydrogens is 610 g/mol. The lowest BCUT2D eigenvalue weighted by Gasteiger charge is -2.22. The van der Waals surface area contributed by atoms with Crippen molar-refractivity contribution in [1.29, 1.82) is 0 Å². The van der Waals surface area contributed by atoms with Gasteiger partial charge in [-0.2, -0.15) is 4.98 Å². The zero-order valence-electron chi connectivity index (χ0n) is 21.2. The largest absolute Gasteiger partial charge is 0.472 e. The lowest BCUT2D eigenvalue weighted by Crippen LogP contribution is -2.34. The second-order valence-corrected chi connectivity index (χ2v) is 11.9. The van der Waals surface area contributed by atoms with E-state index in [4.69, 9.17) is 39.8 Å². The quantitative estimate of drug-likeness (QED) is 0.116. The molecule has 0 bridgehead atoms. The zero-order valence-corrected chi connectivity index (χ0v) is 23.0. The molecule has 230 valence electrons. The standard InChI is InChI=1S/C19H26N8O13P2/c20-11-1-2-26(19(30)25-11)12-3-8(9(38-12)4-36-41(31,32)33)40-42(34,35)37-5-10-14(28)15(29)18(39-10)27-7-24-13-16(21)22-6-23-17(13)27/h1-2,6-10,12,14-15,18,28-29H,3-5H2,(H,34,35)(H2,20,25,30)(H2,21,22,23)(H2,31,32,33)/t8-,9-,10-,12-,14+,15?,18-/m1/s1. The van der Waals surface area contributed by atoms with E-state index < -0.39 is 77.5 Å². The zero-order chi connectivity index (χ0) is 30.4. The molecule has 42 heavy (non-hydrogen) atoms. The first kappa shape index (κ1) is 30.5. The molecule has 0 aliphatic carbocycles. The van der Waals surface area contributed by atoms with Crippen molar-refractivity contribution in [3.05, 3.63) is 35.4 Å². The van der Waals surface area contributed by atoms with E-state index >= 15 is 0 Å². The Hall–Kier alpha value is -2.91. The SMILES string of the molecule is Nc1ccn([C@H]2C[C@@H](OP(=O)(O)OC[C@H]3O[C@@H](n4cnc5c(N)ncnc54)C(O)[C@H]3O)[C@@H](COP(=O)(O)O)O2)c(=O)n1. The van der Waals surface area contributed by atoms with Crippen LogP contribution in [0.1, 0.15) is 18.9 Å². The second kappa shape index (κ2) is 11.6. The van der Waals surface area contributed by atoms with Crippen LogP contribution in [0.2, 0.25) is 0 Å². The van der Waals surface area contributed by atoms with Crippen molar-refractivity contribution in [1.82, 2.24) is 29.1 Å². The third-order valence-corrected chi connectivity index (χ3v) is 7.92. The van der Waals surface area contributed by atoms with Crippen LogP contribution in [0.4, 0.5) is 11.6 Å². The van der Waals surface area contributed by atoms with Crippen molar-refractivity contribution in [2.75, 3.05) is 24.7 Å². The lowest BCUT2D eigenvalue weighted by molar-refractivity contribution is -0.0588. The van der Waals surface area contributed by atoms with Crippen molar-refractivity contribution >= 4 is 38.4 Å². The first-order valence-electron chi connectivity index (χ1n) is 12.0. The van der Waals surface area contributed by atoms with Gasteiger partial charge < -0.3 is 45.8 Å². The minimum atomic E-state index is -4.99. The molecule has 2 fully saturated rings. The summed E-state index contributed by atoms with van der Waals surface area (Å²) < 4.78 is 52.3. The van der Waals surface area contributed by atoms with Crippen molar-refractivity contribution in [3.63, 3.8) is 0 Å². The van der Waals surface area contributed by atoms with Gasteiger partial charge in [0.05, 0.1) is 19.5 Å². The van der Waals surface area contributed by atoms with Crippen LogP contribution in [0.5, 0.6) is 0 Å². The van der Waals surface area contributed by atoms with E-state index in [-0.39, 0.29) is 29.2 Å². The highest BCUT2D eigenvalue weighted by Gasteiger charge is 2.47. The highest BCUT2D eigenvalue weighted by molar-refractivity contribution is 7.47. The number of ether oxygens (including phenoxy) is 2. The molecule has 2 aliphatic heterocycles. The van der Waals surface area contributed by atoms with Crippen molar-refractivity contribution in [2.45, 2.75) is 49.4 Å². The summed E-state index contributed by atoms with van der Waals surface area (Å²) in [5.41, 5.74) is 10.9. The Kier molecular flexibility index (Phi) is 8.47. The van der Waals surface area contributed by atoms with Gasteiger partial charge in [0.15, 0.2) is 17.7 Å². The van der Waals surface area contributed by atoms with Crippen LogP contribution < -0.4 is 17.2 Å². The van der Waals surface area contributed by atoms with Crippen LogP contribution in [0, 0.1) is 0 Å². The van der Waals surface area contributed by atoms with Gasteiger partial charge in [0.25, 0.3) is 0 Å². The average molecular weight is 636 g/mol. The number of phosphoric ester groups is 2. The van der Waals surface area contributed by atoms with Crippen LogP contribution >= 0.6 is 15.6 Å². The molecule has 0 amide bonds. The molecule has 2 aliphatic rings. The fourth-order valence-corrected chi connectivity index (χ4v) is 5.77. The van der Waals surface area contributed by atoms with E-state index in [1.165, 1.54) is 29.5 Å². The molecule has 3 aromatic rings. The van der Waals surface area contributed by atoms with Crippen LogP contribution in [-0.2, 0) is 32.2 Å². The van der Waals surface area contributed by atoms with Gasteiger partial charge >= 0.3 is 21.3 Å². The Bertz CT molecular complexity index is 1600. The number of nitrogen functional groups attached to an aromatic ring is 2. The number of nitrogens with two attached hydrogens (primary N) is 2. The molecule has 2 unspecified atom stereocenters. The molecule has 0 radical (unpaired) electrons. The van der Waals surface area contributed by atoms with E-state index in [1.807, 2.05) is 0 Å². The highest BCUT2D eigenvalue weighted by atomic mass is 31.2. The van der Waals surface area contributed by atoms with E-state index in [1.54, 1.807) is 0 Å². The highest BCUT2D eigenvalue weighted by Crippen LogP contribution is 2.49. The maximum Gasteiger partial charge on any atom is 0.472 e. The second-order valence-electron chi connectivity index (χ2n) is 9.23. The molecule has 5 rings (SSSR count). The third-order valence-electron chi connectivity index (χ3n) is 6.42. The molecule has 5 heterocycles. The van der Waals surface area contributed by atoms with Gasteiger partial charge in [0, 0.05) is 12.6 Å². The van der Waals surface area contributed by atoms with Gasteiger partial charge in [-0.15, -0.1) is 0 Å². The summed E-state index contributed by atoms with van der Waals surface area (Å²) in [5.74, 6) is 0.00388. The summed E-state index contributed by atoms with van der Waals surface area (Å²) >= 11 is 0. The average Bonchev–Trinajstić information content (AvgIpc) is 3.58. The fourth-order valence-electron chi connectivity index (χ4n) is 4.47. The number of nitrogens with zero attached hydrogens (tertiary/aromatic N) is 6. The molecular formula is C19H26N8O13P2. The smallest absolute Gasteiger partial charge is 0.387 e. The summed E-state index contributed by atoms with van der Waals surface area (Å²) in [7, 11) is -9.96. The summed E-state index contributed by atoms with van der Waals surface area (Å²) in [6.07, 6.45) is -6.12. The van der Waals surface area contributed by atoms with Crippen LogP contribution in [0.15, 0.2) is 29.7 Å². The number of aliphatic hydroxyl groups is 2. The Morgan fingerprint density at radius 2 is 1.74 bits per heavy atom. The van der Waals surface area contributed by atoms with Crippen LogP contribution in [0.25, 0.3) is 11.2 Å². The van der Waals surface area contributed by atoms with Gasteiger partial charge in [-0.05, 0) is 6.07 Å². The predicted octanol–water partition coefficient (Wildman–Crippen LogP) is -2.23. The van der Waals surface area contributed by atoms with Crippen LogP contribution in [0.3, 0.4) is 0 Å². The van der Waals surface area contributed by atoms with E-state index in [0.717, 1.165) is 4.57 Å². The molecule has 8 atom stereocenters. The molecule has 3 aromatic heterocycles. The number of anilines is 2. The Morgan fingerprint density at radius 1 is 1.00 bits per heavy atom. The fraction of sp³-hybridized carbons (Fsp3) is 0.526. The summed E-state index contributed by atoms with van der Waals surface area (Å²) in [6.45, 7) is -1.53. The Labute approximate surface area is 234 Å². The van der Waals surface area contributed by atoms with Crippen molar-refractivity contribution in [3.8, 4) is 0 Å². The van der Waals surface area contributed by atoms with Gasteiger partial charge in [0.1, 0.15) is 54.4 Å². The molecule has 21 nitrogen and oxygen atoms in total. The number of aromatic nitrogens is 6. The van der Waals surface area contributed by atoms with E-state index in [2.05, 4.69) is 24.5 Å². The van der Waals surface area contributed by atoms with Crippen molar-refractivity contribution < 1.29 is 57.1 Å². The molecule has 23 heteroatoms. The minimum absolute atomic E-state index is 0.0704. The molecule has 0 spiro atoms. The molecule has 9 N–H and O–H groups in total. The number of hydrogen-bond acceptors (Lipinski definition) is 16. The number of rotatable bonds is 10. The number of hydrogen-bond donors (Lipinski definition) is 7. The molecule has 0 saturated carbocycles. The summed E-state index contributed by atoms with van der Waals surface area (Å²) in [4.78, 5) is 56.3. The molecule has 0 aromatic carbocycles. The first-order chi connectivity index (χ1) is 19.7. The third kappa shape index (κ3) is 6.52. The van der Waals surface area contributed by atoms with Gasteiger partial charge in [-0.3, -0.25) is 22.7 Å². The van der Waals surface area contributed by atoms with Crippen LogP contribution in [-0.4, -0.2) is 97.7 Å². The maximum absolute atomic E-state index is 12.9. The topological polar surface area (TPSA) is 312 Å². The number of phosphoric acid groups is 2. The summed E-state index contributed by atoms with van der Waals surface area (Å²) in [5, 5.41) is 21.1. The van der Waals surface area contributed by atoms with Gasteiger partial charge in [-0.25, -0.2) is 28.9 Å². The lowest BCUT2D eigenvalue weighted by atomic mass is 10.1. The Morgan fingerprint density at radius 3 is 2.45 bits per heavy atom. The van der Waals surface area contributed by atoms with Crippen molar-refractivity contribution in [2.24, 2.45) is 0 Å². The van der Waals surface area contributed by atoms with E-state index in [0.29, 0.717) is 0 Å². The maximum atomic E-state index is 12.9. The minimum Gasteiger partial charge on any atom is -0.387 e. The summed E-state index contributed by atoms with van der Waals surface area (Å²) in [6, 6.07) is 1.29. The predicted molar refractivity (Wildman–Crippen MR) is 136 cm³/mol. The molecule has 2 saturated heterocycles. The monoisotopic (exact) mass is 636 g/mol. The first-order valence-corrected chi connectivity index (χ1v) is 15.1. The Balaban J connectivity index is 1.26. The van der Waals surface area contributed by atoms with E-state index in [9.17, 15) is 29.0 Å². The number of aliphatic hydroxyl groups excluding tert-OH is 2. The normalized spacial score (nSPS) is 29.7. The number of fused-ring (bicyclic) bond motifs is 1.